The lowest BCUT2D eigenvalue weighted by atomic mass is 10.2. The van der Waals surface area contributed by atoms with Gasteiger partial charge in [0, 0.05) is 20.7 Å². The van der Waals surface area contributed by atoms with E-state index in [0.717, 1.165) is 26.0 Å². The van der Waals surface area contributed by atoms with Gasteiger partial charge in [-0.05, 0) is 40.2 Å². The number of halogens is 2. The molecule has 0 amide bonds. The third-order valence-corrected chi connectivity index (χ3v) is 3.53. The third kappa shape index (κ3) is 3.46. The average molecular weight is 373 g/mol. The molecule has 0 aliphatic rings. The summed E-state index contributed by atoms with van der Waals surface area (Å²) in [5.74, 6) is 1.53. The number of pyridine rings is 1. The van der Waals surface area contributed by atoms with Crippen molar-refractivity contribution in [2.45, 2.75) is 6.61 Å². The van der Waals surface area contributed by atoms with Gasteiger partial charge in [0.05, 0.1) is 13.3 Å². The Labute approximate surface area is 122 Å². The number of ether oxygens (including phenoxy) is 2. The van der Waals surface area contributed by atoms with Gasteiger partial charge in [0.15, 0.2) is 0 Å². The second-order valence-electron chi connectivity index (χ2n) is 3.58. The number of hydrogen-bond acceptors (Lipinski definition) is 3. The Hall–Kier alpha value is -1.07. The number of hydrogen-bond donors (Lipinski definition) is 0. The van der Waals surface area contributed by atoms with E-state index in [2.05, 4.69) is 36.8 Å². The van der Waals surface area contributed by atoms with Crippen LogP contribution < -0.4 is 9.47 Å². The van der Waals surface area contributed by atoms with Crippen molar-refractivity contribution < 1.29 is 9.47 Å². The van der Waals surface area contributed by atoms with Crippen LogP contribution in [0.5, 0.6) is 11.5 Å². The molecule has 1 aromatic carbocycles. The van der Waals surface area contributed by atoms with E-state index in [4.69, 9.17) is 9.47 Å². The lowest BCUT2D eigenvalue weighted by molar-refractivity contribution is 0.303. The fourth-order valence-electron chi connectivity index (χ4n) is 1.42. The number of benzene rings is 1. The first kappa shape index (κ1) is 13.4. The first-order valence-corrected chi connectivity index (χ1v) is 6.83. The van der Waals surface area contributed by atoms with Gasteiger partial charge in [-0.3, -0.25) is 4.98 Å². The van der Waals surface area contributed by atoms with Crippen LogP contribution in [0.25, 0.3) is 0 Å². The highest BCUT2D eigenvalue weighted by Gasteiger charge is 2.04. The second-order valence-corrected chi connectivity index (χ2v) is 5.35. The maximum absolute atomic E-state index is 5.68. The average Bonchev–Trinajstić information content (AvgIpc) is 2.38. The van der Waals surface area contributed by atoms with E-state index in [9.17, 15) is 0 Å². The van der Waals surface area contributed by atoms with Crippen LogP contribution in [0.4, 0.5) is 0 Å². The van der Waals surface area contributed by atoms with E-state index < -0.39 is 0 Å². The summed E-state index contributed by atoms with van der Waals surface area (Å²) in [4.78, 5) is 4.04. The Morgan fingerprint density at radius 1 is 1.11 bits per heavy atom. The van der Waals surface area contributed by atoms with Crippen LogP contribution in [0.2, 0.25) is 0 Å². The van der Waals surface area contributed by atoms with E-state index in [1.807, 2.05) is 24.3 Å². The molecule has 0 saturated heterocycles. The molecule has 0 unspecified atom stereocenters. The topological polar surface area (TPSA) is 31.4 Å². The molecule has 1 heterocycles. The highest BCUT2D eigenvalue weighted by molar-refractivity contribution is 9.10. The van der Waals surface area contributed by atoms with Crippen molar-refractivity contribution in [3.63, 3.8) is 0 Å². The maximum Gasteiger partial charge on any atom is 0.139 e. The van der Waals surface area contributed by atoms with Crippen LogP contribution >= 0.6 is 31.9 Å². The zero-order chi connectivity index (χ0) is 13.0. The molecule has 0 atom stereocenters. The largest absolute Gasteiger partial charge is 0.497 e. The minimum atomic E-state index is 0.454. The van der Waals surface area contributed by atoms with Crippen LogP contribution in [0.1, 0.15) is 5.56 Å². The lowest BCUT2D eigenvalue weighted by Gasteiger charge is -2.09. The molecule has 0 aliphatic heterocycles. The summed E-state index contributed by atoms with van der Waals surface area (Å²) in [6, 6.07) is 7.65. The predicted molar refractivity (Wildman–Crippen MR) is 77.0 cm³/mol. The predicted octanol–water partition coefficient (Wildman–Crippen LogP) is 4.19. The van der Waals surface area contributed by atoms with Crippen molar-refractivity contribution in [3.8, 4) is 11.5 Å². The van der Waals surface area contributed by atoms with E-state index in [1.165, 1.54) is 0 Å². The SMILES string of the molecule is COc1ccc(Br)c(COc2cncc(Br)c2)c1. The van der Waals surface area contributed by atoms with Crippen molar-refractivity contribution in [3.05, 3.63) is 51.2 Å². The smallest absolute Gasteiger partial charge is 0.139 e. The molecular weight excluding hydrogens is 362 g/mol. The quantitative estimate of drug-likeness (QED) is 0.806. The Balaban J connectivity index is 2.10. The Morgan fingerprint density at radius 2 is 1.94 bits per heavy atom. The van der Waals surface area contributed by atoms with Crippen LogP contribution in [-0.4, -0.2) is 12.1 Å². The van der Waals surface area contributed by atoms with Gasteiger partial charge in [0.25, 0.3) is 0 Å². The zero-order valence-electron chi connectivity index (χ0n) is 9.69. The van der Waals surface area contributed by atoms with E-state index in [1.54, 1.807) is 19.5 Å². The highest BCUT2D eigenvalue weighted by Crippen LogP contribution is 2.24. The number of rotatable bonds is 4. The highest BCUT2D eigenvalue weighted by atomic mass is 79.9. The van der Waals surface area contributed by atoms with Crippen molar-refractivity contribution >= 4 is 31.9 Å². The molecule has 0 N–H and O–H groups in total. The molecule has 0 fully saturated rings. The summed E-state index contributed by atoms with van der Waals surface area (Å²) in [6.45, 7) is 0.454. The molecular formula is C13H11Br2NO2. The van der Waals surface area contributed by atoms with Gasteiger partial charge in [-0.25, -0.2) is 0 Å². The van der Waals surface area contributed by atoms with Gasteiger partial charge < -0.3 is 9.47 Å². The van der Waals surface area contributed by atoms with Crippen molar-refractivity contribution in [1.82, 2.24) is 4.98 Å². The normalized spacial score (nSPS) is 10.2. The van der Waals surface area contributed by atoms with E-state index in [0.29, 0.717) is 6.61 Å². The summed E-state index contributed by atoms with van der Waals surface area (Å²) >= 11 is 6.84. The molecule has 0 radical (unpaired) electrons. The fraction of sp³-hybridized carbons (Fsp3) is 0.154. The molecule has 3 nitrogen and oxygen atoms in total. The molecule has 0 spiro atoms. The molecule has 1 aromatic heterocycles. The van der Waals surface area contributed by atoms with Crippen LogP contribution in [0.15, 0.2) is 45.6 Å². The second kappa shape index (κ2) is 6.20. The first-order valence-electron chi connectivity index (χ1n) is 5.25. The minimum Gasteiger partial charge on any atom is -0.497 e. The van der Waals surface area contributed by atoms with E-state index >= 15 is 0 Å². The monoisotopic (exact) mass is 371 g/mol. The van der Waals surface area contributed by atoms with Crippen LogP contribution in [-0.2, 0) is 6.61 Å². The molecule has 2 rings (SSSR count). The third-order valence-electron chi connectivity index (χ3n) is 2.33. The van der Waals surface area contributed by atoms with Gasteiger partial charge in [-0.1, -0.05) is 15.9 Å². The fourth-order valence-corrected chi connectivity index (χ4v) is 2.13. The molecule has 0 saturated carbocycles. The van der Waals surface area contributed by atoms with Crippen LogP contribution in [0.3, 0.4) is 0 Å². The van der Waals surface area contributed by atoms with Crippen molar-refractivity contribution in [1.29, 1.82) is 0 Å². The first-order chi connectivity index (χ1) is 8.69. The molecule has 0 aliphatic carbocycles. The summed E-state index contributed by atoms with van der Waals surface area (Å²) in [7, 11) is 1.64. The van der Waals surface area contributed by atoms with Gasteiger partial charge in [-0.2, -0.15) is 0 Å². The van der Waals surface area contributed by atoms with Gasteiger partial charge in [-0.15, -0.1) is 0 Å². The molecule has 94 valence electrons. The molecule has 5 heteroatoms. The number of nitrogens with zero attached hydrogens (tertiary/aromatic N) is 1. The Bertz CT molecular complexity index is 546. The number of methoxy groups -OCH3 is 1. The summed E-state index contributed by atoms with van der Waals surface area (Å²) in [6.07, 6.45) is 3.40. The Kier molecular flexibility index (Phi) is 4.60. The maximum atomic E-state index is 5.68. The van der Waals surface area contributed by atoms with Gasteiger partial charge in [0.1, 0.15) is 18.1 Å². The van der Waals surface area contributed by atoms with Gasteiger partial charge in [0.2, 0.25) is 0 Å². The Morgan fingerprint density at radius 3 is 2.67 bits per heavy atom. The van der Waals surface area contributed by atoms with Crippen molar-refractivity contribution in [2.75, 3.05) is 7.11 Å². The molecule has 2 aromatic rings. The lowest BCUT2D eigenvalue weighted by Crippen LogP contribution is -1.97. The van der Waals surface area contributed by atoms with E-state index in [-0.39, 0.29) is 0 Å². The minimum absolute atomic E-state index is 0.454. The van der Waals surface area contributed by atoms with Gasteiger partial charge >= 0.3 is 0 Å². The van der Waals surface area contributed by atoms with Crippen LogP contribution in [0, 0.1) is 0 Å². The number of aromatic nitrogens is 1. The summed E-state index contributed by atoms with van der Waals surface area (Å²) < 4.78 is 12.7. The summed E-state index contributed by atoms with van der Waals surface area (Å²) in [5.41, 5.74) is 1.02. The van der Waals surface area contributed by atoms with Crippen molar-refractivity contribution in [2.24, 2.45) is 0 Å². The summed E-state index contributed by atoms with van der Waals surface area (Å²) in [5, 5.41) is 0. The molecule has 0 bridgehead atoms. The molecule has 18 heavy (non-hydrogen) atoms. The zero-order valence-corrected chi connectivity index (χ0v) is 12.9. The standard InChI is InChI=1S/C13H11Br2NO2/c1-17-11-2-3-13(15)9(4-11)8-18-12-5-10(14)6-16-7-12/h2-7H,8H2,1H3.